The second-order valence-electron chi connectivity index (χ2n) is 8.02. The monoisotopic (exact) mass is 491 g/mol. The quantitative estimate of drug-likeness (QED) is 0.290. The van der Waals surface area contributed by atoms with Gasteiger partial charge in [0.05, 0.1) is 10.3 Å². The molecule has 7 nitrogen and oxygen atoms in total. The predicted octanol–water partition coefficient (Wildman–Crippen LogP) is 5.06. The number of aryl methyl sites for hydroxylation is 3. The van der Waals surface area contributed by atoms with Gasteiger partial charge in [0.1, 0.15) is 23.1 Å². The fourth-order valence-electron chi connectivity index (χ4n) is 3.57. The minimum absolute atomic E-state index is 0.151. The zero-order valence-corrected chi connectivity index (χ0v) is 20.1. The summed E-state index contributed by atoms with van der Waals surface area (Å²) in [6.45, 7) is 5.32. The summed E-state index contributed by atoms with van der Waals surface area (Å²) in [6.07, 6.45) is 2.59. The summed E-state index contributed by atoms with van der Waals surface area (Å²) in [7, 11) is 0. The van der Waals surface area contributed by atoms with Crippen LogP contribution in [0.1, 0.15) is 37.7 Å². The van der Waals surface area contributed by atoms with Gasteiger partial charge in [-0.1, -0.05) is 29.8 Å². The summed E-state index contributed by atoms with van der Waals surface area (Å²) in [5.74, 6) is -1.26. The number of fused-ring (bicyclic) bond motifs is 1. The van der Waals surface area contributed by atoms with E-state index in [0.717, 1.165) is 28.5 Å². The predicted molar refractivity (Wildman–Crippen MR) is 134 cm³/mol. The molecule has 0 saturated heterocycles. The summed E-state index contributed by atoms with van der Waals surface area (Å²) in [6, 6.07) is 11.5. The maximum atomic E-state index is 13.2. The van der Waals surface area contributed by atoms with E-state index in [2.05, 4.69) is 15.3 Å². The minimum Gasteiger partial charge on any atom is -0.454 e. The maximum Gasteiger partial charge on any atom is 0.331 e. The third-order valence-corrected chi connectivity index (χ3v) is 6.48. The number of hydrogen-bond donors (Lipinski definition) is 2. The Morgan fingerprint density at radius 1 is 1.17 bits per heavy atom. The van der Waals surface area contributed by atoms with Crippen LogP contribution in [0.2, 0.25) is 0 Å². The van der Waals surface area contributed by atoms with Gasteiger partial charge in [0.2, 0.25) is 0 Å². The van der Waals surface area contributed by atoms with E-state index in [0.29, 0.717) is 31.9 Å². The van der Waals surface area contributed by atoms with Gasteiger partial charge < -0.3 is 15.0 Å². The number of nitrogens with zero attached hydrogens (tertiary/aromatic N) is 1. The summed E-state index contributed by atoms with van der Waals surface area (Å²) < 4.78 is 18.4. The fraction of sp³-hybridized carbons (Fsp3) is 0.154. The Hall–Kier alpha value is -4.11. The van der Waals surface area contributed by atoms with Crippen molar-refractivity contribution in [1.29, 1.82) is 0 Å². The van der Waals surface area contributed by atoms with Crippen LogP contribution in [0, 0.1) is 26.6 Å². The highest BCUT2D eigenvalue weighted by atomic mass is 32.1. The molecule has 0 saturated carbocycles. The molecule has 2 aromatic heterocycles. The Morgan fingerprint density at radius 3 is 2.71 bits per heavy atom. The number of rotatable bonds is 6. The van der Waals surface area contributed by atoms with E-state index in [4.69, 9.17) is 4.74 Å². The van der Waals surface area contributed by atoms with E-state index in [1.165, 1.54) is 24.3 Å². The van der Waals surface area contributed by atoms with E-state index >= 15 is 0 Å². The largest absolute Gasteiger partial charge is 0.454 e. The highest BCUT2D eigenvalue weighted by Gasteiger charge is 2.20. The van der Waals surface area contributed by atoms with Gasteiger partial charge in [-0.15, -0.1) is 11.3 Å². The molecule has 0 fully saturated rings. The van der Waals surface area contributed by atoms with Crippen molar-refractivity contribution in [3.8, 4) is 0 Å². The Bertz CT molecular complexity index is 1540. The van der Waals surface area contributed by atoms with Crippen LogP contribution in [-0.4, -0.2) is 21.8 Å². The van der Waals surface area contributed by atoms with Crippen molar-refractivity contribution in [2.45, 2.75) is 27.4 Å². The van der Waals surface area contributed by atoms with Gasteiger partial charge in [0.25, 0.3) is 11.5 Å². The van der Waals surface area contributed by atoms with Crippen LogP contribution in [-0.2, 0) is 16.1 Å². The van der Waals surface area contributed by atoms with Crippen LogP contribution in [0.5, 0.6) is 0 Å². The molecule has 35 heavy (non-hydrogen) atoms. The van der Waals surface area contributed by atoms with E-state index in [9.17, 15) is 18.8 Å². The van der Waals surface area contributed by atoms with Crippen LogP contribution >= 0.6 is 11.3 Å². The molecule has 0 bridgehead atoms. The summed E-state index contributed by atoms with van der Waals surface area (Å²) >= 11 is 1.10. The minimum atomic E-state index is -0.673. The summed E-state index contributed by atoms with van der Waals surface area (Å²) in [4.78, 5) is 45.4. The van der Waals surface area contributed by atoms with Gasteiger partial charge in [-0.25, -0.2) is 14.2 Å². The first-order valence-corrected chi connectivity index (χ1v) is 11.5. The number of aromatic amines is 1. The lowest BCUT2D eigenvalue weighted by atomic mass is 10.1. The van der Waals surface area contributed by atoms with Crippen LogP contribution < -0.4 is 10.9 Å². The molecule has 0 spiro atoms. The van der Waals surface area contributed by atoms with Gasteiger partial charge in [-0.05, 0) is 61.7 Å². The van der Waals surface area contributed by atoms with Crippen molar-refractivity contribution in [3.05, 3.63) is 97.7 Å². The van der Waals surface area contributed by atoms with E-state index in [-0.39, 0.29) is 18.3 Å². The van der Waals surface area contributed by atoms with Crippen molar-refractivity contribution >= 4 is 45.2 Å². The van der Waals surface area contributed by atoms with Crippen LogP contribution in [0.15, 0.2) is 53.3 Å². The number of aromatic nitrogens is 2. The molecule has 0 aliphatic heterocycles. The fourth-order valence-corrected chi connectivity index (χ4v) is 4.66. The number of carbonyl (C=O) groups is 2. The maximum absolute atomic E-state index is 13.2. The molecule has 178 valence electrons. The number of esters is 1. The highest BCUT2D eigenvalue weighted by molar-refractivity contribution is 7.20. The lowest BCUT2D eigenvalue weighted by molar-refractivity contribution is -0.139. The number of thiophene rings is 1. The first-order valence-electron chi connectivity index (χ1n) is 10.7. The third-order valence-electron chi connectivity index (χ3n) is 5.30. The Kier molecular flexibility index (Phi) is 6.88. The molecule has 4 rings (SSSR count). The Labute approximate surface area is 204 Å². The van der Waals surface area contributed by atoms with Crippen molar-refractivity contribution in [1.82, 2.24) is 9.97 Å². The number of halogens is 1. The molecule has 4 aromatic rings. The average Bonchev–Trinajstić information content (AvgIpc) is 3.15. The number of H-pyrrole nitrogens is 1. The normalized spacial score (nSPS) is 11.2. The molecule has 0 aliphatic rings. The second kappa shape index (κ2) is 10.0. The number of nitrogens with one attached hydrogen (secondary N) is 2. The number of ether oxygens (including phenoxy) is 1. The topological polar surface area (TPSA) is 101 Å². The van der Waals surface area contributed by atoms with Crippen LogP contribution in [0.3, 0.4) is 0 Å². The number of anilines is 1. The second-order valence-corrected chi connectivity index (χ2v) is 9.02. The standard InChI is InChI=1S/C26H22FN3O4S/c1-14-7-9-19(15(2)11-14)28-25(33)23-16(3)22-24(32)29-20(30-26(22)35-23)13-34-21(31)10-8-17-5-4-6-18(27)12-17/h4-12H,13H2,1-3H3,(H,28,33)(H,29,30,32)/b10-8+. The molecule has 0 unspecified atom stereocenters. The van der Waals surface area contributed by atoms with Crippen LogP contribution in [0.4, 0.5) is 10.1 Å². The van der Waals surface area contributed by atoms with Gasteiger partial charge in [0, 0.05) is 11.8 Å². The number of hydrogen-bond acceptors (Lipinski definition) is 6. The molecular formula is C26H22FN3O4S. The number of amides is 1. The van der Waals surface area contributed by atoms with Gasteiger partial charge in [0.15, 0.2) is 0 Å². The molecule has 0 atom stereocenters. The zero-order chi connectivity index (χ0) is 25.1. The first kappa shape index (κ1) is 24.0. The molecule has 2 N–H and O–H groups in total. The van der Waals surface area contributed by atoms with E-state index < -0.39 is 17.3 Å². The lowest BCUT2D eigenvalue weighted by Gasteiger charge is -2.08. The average molecular weight is 492 g/mol. The SMILES string of the molecule is Cc1ccc(NC(=O)c2sc3nc(COC(=O)/C=C/c4cccc(F)c4)[nH]c(=O)c3c2C)c(C)c1. The third kappa shape index (κ3) is 5.52. The Balaban J connectivity index is 1.50. The molecule has 0 radical (unpaired) electrons. The van der Waals surface area contributed by atoms with Crippen molar-refractivity contribution in [2.24, 2.45) is 0 Å². The van der Waals surface area contributed by atoms with Gasteiger partial charge >= 0.3 is 5.97 Å². The zero-order valence-electron chi connectivity index (χ0n) is 19.3. The summed E-state index contributed by atoms with van der Waals surface area (Å²) in [5, 5.41) is 3.21. The Morgan fingerprint density at radius 2 is 1.97 bits per heavy atom. The molecule has 2 aromatic carbocycles. The molecule has 1 amide bonds. The molecule has 2 heterocycles. The van der Waals surface area contributed by atoms with Crippen LogP contribution in [0.25, 0.3) is 16.3 Å². The smallest absolute Gasteiger partial charge is 0.331 e. The molecular weight excluding hydrogens is 469 g/mol. The lowest BCUT2D eigenvalue weighted by Crippen LogP contribution is -2.14. The highest BCUT2D eigenvalue weighted by Crippen LogP contribution is 2.28. The first-order chi connectivity index (χ1) is 16.7. The summed E-state index contributed by atoms with van der Waals surface area (Å²) in [5.41, 5.74) is 3.34. The van der Waals surface area contributed by atoms with Crippen molar-refractivity contribution in [2.75, 3.05) is 5.32 Å². The molecule has 0 aliphatic carbocycles. The van der Waals surface area contributed by atoms with Gasteiger partial charge in [-0.3, -0.25) is 9.59 Å². The number of carbonyl (C=O) groups excluding carboxylic acids is 2. The molecule has 9 heteroatoms. The van der Waals surface area contributed by atoms with Crippen molar-refractivity contribution in [3.63, 3.8) is 0 Å². The van der Waals surface area contributed by atoms with Crippen molar-refractivity contribution < 1.29 is 18.7 Å². The van der Waals surface area contributed by atoms with Gasteiger partial charge in [-0.2, -0.15) is 0 Å². The van der Waals surface area contributed by atoms with E-state index in [1.54, 1.807) is 13.0 Å². The van der Waals surface area contributed by atoms with E-state index in [1.807, 2.05) is 32.0 Å². The number of benzene rings is 2.